The molecule has 1 atom stereocenters. The second-order valence-electron chi connectivity index (χ2n) is 7.09. The molecule has 1 unspecified atom stereocenters. The summed E-state index contributed by atoms with van der Waals surface area (Å²) in [6.07, 6.45) is 3.31. The Balaban J connectivity index is 1.72. The summed E-state index contributed by atoms with van der Waals surface area (Å²) in [6, 6.07) is 15.7. The Hall–Kier alpha value is -2.53. The van der Waals surface area contributed by atoms with Crippen molar-refractivity contribution in [3.05, 3.63) is 59.7 Å². The number of benzene rings is 2. The number of amides is 1. The molecule has 1 saturated heterocycles. The first-order chi connectivity index (χ1) is 13.7. The van der Waals surface area contributed by atoms with Gasteiger partial charge in [-0.3, -0.25) is 9.69 Å². The van der Waals surface area contributed by atoms with Crippen molar-refractivity contribution in [2.45, 2.75) is 32.2 Å². The van der Waals surface area contributed by atoms with Crippen molar-refractivity contribution in [2.75, 3.05) is 33.4 Å². The SMILES string of the molecule is CCCOc1ccccc1C(=O)NCC(c1ccc(OC)cc1)N1CCCC1. The van der Waals surface area contributed by atoms with E-state index in [2.05, 4.69) is 29.3 Å². The summed E-state index contributed by atoms with van der Waals surface area (Å²) in [6.45, 7) is 5.34. The van der Waals surface area contributed by atoms with Crippen LogP contribution < -0.4 is 14.8 Å². The average molecular weight is 383 g/mol. The Kier molecular flexibility index (Phi) is 7.31. The largest absolute Gasteiger partial charge is 0.497 e. The molecule has 28 heavy (non-hydrogen) atoms. The van der Waals surface area contributed by atoms with Gasteiger partial charge in [-0.25, -0.2) is 0 Å². The van der Waals surface area contributed by atoms with Crippen molar-refractivity contribution in [1.82, 2.24) is 10.2 Å². The summed E-state index contributed by atoms with van der Waals surface area (Å²) in [4.78, 5) is 15.3. The van der Waals surface area contributed by atoms with Gasteiger partial charge in [-0.05, 0) is 62.2 Å². The van der Waals surface area contributed by atoms with E-state index in [1.165, 1.54) is 18.4 Å². The van der Waals surface area contributed by atoms with E-state index in [0.717, 1.165) is 25.3 Å². The quantitative estimate of drug-likeness (QED) is 0.711. The molecule has 0 aromatic heterocycles. The van der Waals surface area contributed by atoms with Crippen LogP contribution in [0.3, 0.4) is 0 Å². The highest BCUT2D eigenvalue weighted by atomic mass is 16.5. The normalized spacial score (nSPS) is 15.2. The molecule has 0 saturated carbocycles. The summed E-state index contributed by atoms with van der Waals surface area (Å²) in [7, 11) is 1.67. The fraction of sp³-hybridized carbons (Fsp3) is 0.435. The summed E-state index contributed by atoms with van der Waals surface area (Å²) in [5, 5.41) is 3.13. The molecule has 1 aliphatic rings. The molecule has 1 heterocycles. The van der Waals surface area contributed by atoms with Gasteiger partial charge in [-0.15, -0.1) is 0 Å². The number of ether oxygens (including phenoxy) is 2. The third-order valence-corrected chi connectivity index (χ3v) is 5.13. The molecule has 150 valence electrons. The van der Waals surface area contributed by atoms with Gasteiger partial charge in [0.05, 0.1) is 25.3 Å². The second kappa shape index (κ2) is 10.1. The van der Waals surface area contributed by atoms with E-state index in [1.807, 2.05) is 36.4 Å². The monoisotopic (exact) mass is 382 g/mol. The number of rotatable bonds is 9. The molecule has 1 N–H and O–H groups in total. The molecule has 1 amide bonds. The molecule has 0 bridgehead atoms. The highest BCUT2D eigenvalue weighted by Crippen LogP contribution is 2.26. The van der Waals surface area contributed by atoms with Gasteiger partial charge >= 0.3 is 0 Å². The van der Waals surface area contributed by atoms with Gasteiger partial charge in [-0.1, -0.05) is 31.2 Å². The van der Waals surface area contributed by atoms with Crippen LogP contribution in [0.1, 0.15) is 48.1 Å². The number of nitrogens with zero attached hydrogens (tertiary/aromatic N) is 1. The van der Waals surface area contributed by atoms with Crippen LogP contribution >= 0.6 is 0 Å². The highest BCUT2D eigenvalue weighted by Gasteiger charge is 2.24. The zero-order valence-corrected chi connectivity index (χ0v) is 16.8. The third-order valence-electron chi connectivity index (χ3n) is 5.13. The van der Waals surface area contributed by atoms with E-state index in [9.17, 15) is 4.79 Å². The molecule has 3 rings (SSSR count). The molecule has 0 radical (unpaired) electrons. The minimum absolute atomic E-state index is 0.0931. The number of hydrogen-bond acceptors (Lipinski definition) is 4. The van der Waals surface area contributed by atoms with Gasteiger partial charge in [0, 0.05) is 6.54 Å². The van der Waals surface area contributed by atoms with Gasteiger partial charge in [-0.2, -0.15) is 0 Å². The second-order valence-corrected chi connectivity index (χ2v) is 7.09. The minimum Gasteiger partial charge on any atom is -0.497 e. The molecule has 1 aliphatic heterocycles. The topological polar surface area (TPSA) is 50.8 Å². The van der Waals surface area contributed by atoms with Gasteiger partial charge in [0.1, 0.15) is 11.5 Å². The Morgan fingerprint density at radius 1 is 1.11 bits per heavy atom. The van der Waals surface area contributed by atoms with Crippen molar-refractivity contribution in [3.63, 3.8) is 0 Å². The Morgan fingerprint density at radius 3 is 2.50 bits per heavy atom. The summed E-state index contributed by atoms with van der Waals surface area (Å²) < 4.78 is 11.0. The number of methoxy groups -OCH3 is 1. The standard InChI is InChI=1S/C23H30N2O3/c1-3-16-28-22-9-5-4-8-20(22)23(26)24-17-21(25-14-6-7-15-25)18-10-12-19(27-2)13-11-18/h4-5,8-13,21H,3,6-7,14-17H2,1-2H3,(H,24,26). The first kappa shape index (κ1) is 20.2. The number of hydrogen-bond donors (Lipinski definition) is 1. The van der Waals surface area contributed by atoms with Crippen LogP contribution in [0.4, 0.5) is 0 Å². The lowest BCUT2D eigenvalue weighted by Gasteiger charge is -2.28. The predicted molar refractivity (Wildman–Crippen MR) is 111 cm³/mol. The highest BCUT2D eigenvalue weighted by molar-refractivity contribution is 5.96. The zero-order valence-electron chi connectivity index (χ0n) is 16.8. The zero-order chi connectivity index (χ0) is 19.8. The van der Waals surface area contributed by atoms with E-state index < -0.39 is 0 Å². The molecular weight excluding hydrogens is 352 g/mol. The molecule has 1 fully saturated rings. The Labute approximate surface area is 167 Å². The van der Waals surface area contributed by atoms with Crippen LogP contribution in [0.25, 0.3) is 0 Å². The lowest BCUT2D eigenvalue weighted by Crippen LogP contribution is -2.37. The molecule has 0 spiro atoms. The molecule has 0 aliphatic carbocycles. The van der Waals surface area contributed by atoms with Crippen LogP contribution in [0.15, 0.2) is 48.5 Å². The average Bonchev–Trinajstić information content (AvgIpc) is 3.27. The van der Waals surface area contributed by atoms with Gasteiger partial charge in [0.15, 0.2) is 0 Å². The smallest absolute Gasteiger partial charge is 0.255 e. The van der Waals surface area contributed by atoms with E-state index >= 15 is 0 Å². The van der Waals surface area contributed by atoms with Crippen molar-refractivity contribution in [3.8, 4) is 11.5 Å². The van der Waals surface area contributed by atoms with E-state index in [1.54, 1.807) is 7.11 Å². The third kappa shape index (κ3) is 5.04. The van der Waals surface area contributed by atoms with Crippen LogP contribution in [0.2, 0.25) is 0 Å². The fourth-order valence-corrected chi connectivity index (χ4v) is 3.61. The molecular formula is C23H30N2O3. The summed E-state index contributed by atoms with van der Waals surface area (Å²) in [5.41, 5.74) is 1.78. The van der Waals surface area contributed by atoms with E-state index in [0.29, 0.717) is 24.5 Å². The van der Waals surface area contributed by atoms with Crippen molar-refractivity contribution in [1.29, 1.82) is 0 Å². The Morgan fingerprint density at radius 2 is 1.82 bits per heavy atom. The molecule has 2 aromatic carbocycles. The fourth-order valence-electron chi connectivity index (χ4n) is 3.61. The summed E-state index contributed by atoms with van der Waals surface area (Å²) >= 11 is 0. The van der Waals surface area contributed by atoms with Gasteiger partial charge in [0.25, 0.3) is 5.91 Å². The number of carbonyl (C=O) groups excluding carboxylic acids is 1. The number of para-hydroxylation sites is 1. The predicted octanol–water partition coefficient (Wildman–Crippen LogP) is 4.05. The number of likely N-dealkylation sites (tertiary alicyclic amines) is 1. The lowest BCUT2D eigenvalue weighted by atomic mass is 10.0. The maximum atomic E-state index is 12.9. The maximum absolute atomic E-state index is 12.9. The summed E-state index contributed by atoms with van der Waals surface area (Å²) in [5.74, 6) is 1.39. The van der Waals surface area contributed by atoms with Crippen molar-refractivity contribution >= 4 is 5.91 Å². The van der Waals surface area contributed by atoms with Crippen LogP contribution in [-0.4, -0.2) is 44.2 Å². The van der Waals surface area contributed by atoms with Crippen molar-refractivity contribution < 1.29 is 14.3 Å². The first-order valence-electron chi connectivity index (χ1n) is 10.1. The molecule has 2 aromatic rings. The van der Waals surface area contributed by atoms with Gasteiger partial charge in [0.2, 0.25) is 0 Å². The van der Waals surface area contributed by atoms with Crippen molar-refractivity contribution in [2.24, 2.45) is 0 Å². The lowest BCUT2D eigenvalue weighted by molar-refractivity contribution is 0.0934. The van der Waals surface area contributed by atoms with E-state index in [4.69, 9.17) is 9.47 Å². The molecule has 5 heteroatoms. The van der Waals surface area contributed by atoms with E-state index in [-0.39, 0.29) is 11.9 Å². The van der Waals surface area contributed by atoms with Crippen LogP contribution in [0.5, 0.6) is 11.5 Å². The number of carbonyl (C=O) groups is 1. The number of nitrogens with one attached hydrogen (secondary N) is 1. The Bertz CT molecular complexity index is 755. The van der Waals surface area contributed by atoms with Crippen LogP contribution in [0, 0.1) is 0 Å². The molecule has 5 nitrogen and oxygen atoms in total. The maximum Gasteiger partial charge on any atom is 0.255 e. The van der Waals surface area contributed by atoms with Crippen LogP contribution in [-0.2, 0) is 0 Å². The first-order valence-corrected chi connectivity index (χ1v) is 10.1. The minimum atomic E-state index is -0.0931. The van der Waals surface area contributed by atoms with Gasteiger partial charge < -0.3 is 14.8 Å².